The molecule has 7 nitrogen and oxygen atoms in total. The maximum absolute atomic E-state index is 14.0. The summed E-state index contributed by atoms with van der Waals surface area (Å²) in [6.07, 6.45) is 1.80. The van der Waals surface area contributed by atoms with Gasteiger partial charge < -0.3 is 14.2 Å². The van der Waals surface area contributed by atoms with Crippen LogP contribution in [0.1, 0.15) is 49.1 Å². The van der Waals surface area contributed by atoms with Crippen LogP contribution in [0.25, 0.3) is 6.08 Å². The Morgan fingerprint density at radius 2 is 1.72 bits per heavy atom. The number of fused-ring (bicyclic) bond motifs is 1. The van der Waals surface area contributed by atoms with Gasteiger partial charge in [-0.25, -0.2) is 9.79 Å². The number of benzene rings is 3. The second-order valence-electron chi connectivity index (χ2n) is 9.88. The molecule has 1 aliphatic heterocycles. The highest BCUT2D eigenvalue weighted by Crippen LogP contribution is 2.35. The number of hydrogen-bond acceptors (Lipinski definition) is 7. The van der Waals surface area contributed by atoms with Gasteiger partial charge in [-0.1, -0.05) is 80.8 Å². The Morgan fingerprint density at radius 1 is 1.02 bits per heavy atom. The van der Waals surface area contributed by atoms with E-state index in [0.29, 0.717) is 50.3 Å². The molecule has 0 saturated carbocycles. The van der Waals surface area contributed by atoms with E-state index in [1.807, 2.05) is 74.5 Å². The zero-order chi connectivity index (χ0) is 30.7. The van der Waals surface area contributed by atoms with Crippen LogP contribution in [-0.2, 0) is 16.1 Å². The predicted octanol–water partition coefficient (Wildman–Crippen LogP) is 6.50. The van der Waals surface area contributed by atoms with Crippen molar-refractivity contribution in [3.8, 4) is 11.5 Å². The number of hydrogen-bond donors (Lipinski definition) is 0. The van der Waals surface area contributed by atoms with Crippen LogP contribution in [0.5, 0.6) is 11.5 Å². The van der Waals surface area contributed by atoms with Crippen molar-refractivity contribution < 1.29 is 19.0 Å². The number of esters is 1. The van der Waals surface area contributed by atoms with Crippen molar-refractivity contribution in [2.75, 3.05) is 13.2 Å². The van der Waals surface area contributed by atoms with E-state index in [2.05, 4.69) is 20.9 Å². The third kappa shape index (κ3) is 6.64. The standard InChI is InChI=1S/C33H30BrClN2O5S/c1-5-40-26-15-23(25(34)17-27(26)42-18-21-9-13-24(35)14-10-21)16-28-31(38)37-30(22-11-7-19(3)8-12-22)29(32(39)41-6-2)20(4)36-33(37)43-28/h7-17,30H,5-6,18H2,1-4H3/b28-16-/t30-/m1/s1. The van der Waals surface area contributed by atoms with Crippen LogP contribution in [0.4, 0.5) is 0 Å². The summed E-state index contributed by atoms with van der Waals surface area (Å²) in [6, 6.07) is 18.3. The smallest absolute Gasteiger partial charge is 0.338 e. The number of aryl methyl sites for hydroxylation is 1. The number of ether oxygens (including phenoxy) is 3. The molecule has 5 rings (SSSR count). The number of allylic oxidation sites excluding steroid dienone is 1. The Balaban J connectivity index is 1.58. The van der Waals surface area contributed by atoms with Gasteiger partial charge in [0.2, 0.25) is 0 Å². The molecule has 1 aromatic heterocycles. The summed E-state index contributed by atoms with van der Waals surface area (Å²) in [5, 5.41) is 0.661. The van der Waals surface area contributed by atoms with Crippen LogP contribution in [-0.4, -0.2) is 23.8 Å². The molecular weight excluding hydrogens is 652 g/mol. The highest BCUT2D eigenvalue weighted by atomic mass is 79.9. The highest BCUT2D eigenvalue weighted by Gasteiger charge is 2.33. The zero-order valence-corrected chi connectivity index (χ0v) is 27.3. The van der Waals surface area contributed by atoms with Gasteiger partial charge in [0.15, 0.2) is 16.3 Å². The first-order valence-electron chi connectivity index (χ1n) is 13.8. The molecule has 1 atom stereocenters. The molecule has 2 heterocycles. The number of carbonyl (C=O) groups is 1. The maximum atomic E-state index is 14.0. The average Bonchev–Trinajstić information content (AvgIpc) is 3.28. The molecule has 0 unspecified atom stereocenters. The van der Waals surface area contributed by atoms with Gasteiger partial charge in [-0.3, -0.25) is 9.36 Å². The number of carbonyl (C=O) groups excluding carboxylic acids is 1. The summed E-state index contributed by atoms with van der Waals surface area (Å²) >= 11 is 10.9. The number of aromatic nitrogens is 1. The normalized spacial score (nSPS) is 14.7. The quantitative estimate of drug-likeness (QED) is 0.189. The third-order valence-corrected chi connectivity index (χ3v) is 8.79. The molecule has 0 N–H and O–H groups in total. The molecule has 0 aliphatic carbocycles. The summed E-state index contributed by atoms with van der Waals surface area (Å²) < 4.78 is 20.2. The average molecular weight is 682 g/mol. The predicted molar refractivity (Wildman–Crippen MR) is 173 cm³/mol. The van der Waals surface area contributed by atoms with Crippen LogP contribution in [0.15, 0.2) is 86.2 Å². The molecule has 0 fully saturated rings. The van der Waals surface area contributed by atoms with E-state index in [1.165, 1.54) is 11.3 Å². The fraction of sp³-hybridized carbons (Fsp3) is 0.242. The fourth-order valence-corrected chi connectivity index (χ4v) is 6.38. The molecule has 0 radical (unpaired) electrons. The molecule has 4 aromatic rings. The van der Waals surface area contributed by atoms with Crippen molar-refractivity contribution in [3.63, 3.8) is 0 Å². The molecule has 1 aliphatic rings. The van der Waals surface area contributed by atoms with E-state index >= 15 is 0 Å². The fourth-order valence-electron chi connectivity index (χ4n) is 4.78. The van der Waals surface area contributed by atoms with Gasteiger partial charge in [-0.2, -0.15) is 0 Å². The van der Waals surface area contributed by atoms with Crippen LogP contribution in [0.3, 0.4) is 0 Å². The Morgan fingerprint density at radius 3 is 2.40 bits per heavy atom. The molecule has 0 spiro atoms. The summed E-state index contributed by atoms with van der Waals surface area (Å²) in [4.78, 5) is 32.3. The van der Waals surface area contributed by atoms with E-state index in [-0.39, 0.29) is 12.2 Å². The lowest BCUT2D eigenvalue weighted by Crippen LogP contribution is -2.39. The summed E-state index contributed by atoms with van der Waals surface area (Å²) in [6.45, 7) is 8.42. The molecule has 43 heavy (non-hydrogen) atoms. The molecule has 10 heteroatoms. The molecule has 0 bridgehead atoms. The minimum atomic E-state index is -0.663. The Labute approximate surface area is 266 Å². The van der Waals surface area contributed by atoms with E-state index in [0.717, 1.165) is 26.7 Å². The van der Waals surface area contributed by atoms with Crippen molar-refractivity contribution >= 4 is 50.9 Å². The Bertz CT molecular complexity index is 1880. The number of nitrogens with zero attached hydrogens (tertiary/aromatic N) is 2. The molecular formula is C33H30BrClN2O5S. The van der Waals surface area contributed by atoms with Crippen LogP contribution < -0.4 is 24.4 Å². The first kappa shape index (κ1) is 30.8. The van der Waals surface area contributed by atoms with Gasteiger partial charge >= 0.3 is 5.97 Å². The first-order valence-corrected chi connectivity index (χ1v) is 15.8. The number of halogens is 2. The lowest BCUT2D eigenvalue weighted by Gasteiger charge is -2.24. The van der Waals surface area contributed by atoms with Gasteiger partial charge in [-0.05, 0) is 74.7 Å². The summed E-state index contributed by atoms with van der Waals surface area (Å²) in [7, 11) is 0. The SMILES string of the molecule is CCOC(=O)C1=C(C)N=c2s/c(=C\c3cc(OCC)c(OCc4ccc(Cl)cc4)cc3Br)c(=O)n2[C@@H]1c1ccc(C)cc1. The largest absolute Gasteiger partial charge is 0.490 e. The van der Waals surface area contributed by atoms with Crippen LogP contribution in [0, 0.1) is 6.92 Å². The van der Waals surface area contributed by atoms with Gasteiger partial charge in [0.1, 0.15) is 6.61 Å². The number of thiazole rings is 1. The van der Waals surface area contributed by atoms with Gasteiger partial charge in [0, 0.05) is 9.50 Å². The first-order chi connectivity index (χ1) is 20.7. The highest BCUT2D eigenvalue weighted by molar-refractivity contribution is 9.10. The van der Waals surface area contributed by atoms with Crippen molar-refractivity contribution in [1.82, 2.24) is 4.57 Å². The molecule has 3 aromatic carbocycles. The number of rotatable bonds is 9. The van der Waals surface area contributed by atoms with Crippen molar-refractivity contribution in [2.24, 2.45) is 4.99 Å². The second kappa shape index (κ2) is 13.3. The van der Waals surface area contributed by atoms with E-state index in [1.54, 1.807) is 24.5 Å². The van der Waals surface area contributed by atoms with E-state index in [4.69, 9.17) is 25.8 Å². The topological polar surface area (TPSA) is 79.1 Å². The van der Waals surface area contributed by atoms with Crippen molar-refractivity contribution in [2.45, 2.75) is 40.3 Å². The lowest BCUT2D eigenvalue weighted by atomic mass is 9.95. The minimum absolute atomic E-state index is 0.219. The van der Waals surface area contributed by atoms with E-state index < -0.39 is 12.0 Å². The van der Waals surface area contributed by atoms with Gasteiger partial charge in [-0.15, -0.1) is 0 Å². The van der Waals surface area contributed by atoms with Gasteiger partial charge in [0.25, 0.3) is 5.56 Å². The third-order valence-electron chi connectivity index (χ3n) is 6.87. The summed E-state index contributed by atoms with van der Waals surface area (Å²) in [5.74, 6) is 0.634. The molecule has 0 amide bonds. The van der Waals surface area contributed by atoms with Crippen molar-refractivity contribution in [3.05, 3.63) is 123 Å². The maximum Gasteiger partial charge on any atom is 0.338 e. The monoisotopic (exact) mass is 680 g/mol. The lowest BCUT2D eigenvalue weighted by molar-refractivity contribution is -0.139. The van der Waals surface area contributed by atoms with Crippen LogP contribution in [0.2, 0.25) is 5.02 Å². The minimum Gasteiger partial charge on any atom is -0.490 e. The molecule has 0 saturated heterocycles. The van der Waals surface area contributed by atoms with Crippen LogP contribution >= 0.6 is 38.9 Å². The Hall–Kier alpha value is -3.66. The van der Waals surface area contributed by atoms with E-state index in [9.17, 15) is 9.59 Å². The second-order valence-corrected chi connectivity index (χ2v) is 12.2. The Kier molecular flexibility index (Phi) is 9.54. The van der Waals surface area contributed by atoms with Crippen molar-refractivity contribution in [1.29, 1.82) is 0 Å². The molecule has 222 valence electrons. The zero-order valence-electron chi connectivity index (χ0n) is 24.1. The van der Waals surface area contributed by atoms with Gasteiger partial charge in [0.05, 0.1) is 35.1 Å². The summed E-state index contributed by atoms with van der Waals surface area (Å²) in [5.41, 5.74) is 4.21.